The Labute approximate surface area is 128 Å². The Kier molecular flexibility index (Phi) is 8.94. The van der Waals surface area contributed by atoms with Gasteiger partial charge >= 0.3 is 0 Å². The average molecular weight is 320 g/mol. The highest BCUT2D eigenvalue weighted by Gasteiger charge is 2.12. The lowest BCUT2D eigenvalue weighted by molar-refractivity contribution is -0.384. The number of carbonyl (C=O) groups excluding carboxylic acids is 1. The Morgan fingerprint density at radius 2 is 2.05 bits per heavy atom. The van der Waals surface area contributed by atoms with E-state index in [4.69, 9.17) is 5.73 Å². The summed E-state index contributed by atoms with van der Waals surface area (Å²) < 4.78 is 0. The first-order chi connectivity index (χ1) is 9.04. The molecule has 6 nitrogen and oxygen atoms in total. The van der Waals surface area contributed by atoms with E-state index in [0.717, 1.165) is 11.3 Å². The predicted octanol–water partition coefficient (Wildman–Crippen LogP) is 1.71. The summed E-state index contributed by atoms with van der Waals surface area (Å²) in [6.45, 7) is 0.323. The molecule has 1 aromatic carbocycles. The minimum absolute atomic E-state index is 0. The van der Waals surface area contributed by atoms with E-state index < -0.39 is 11.0 Å². The molecule has 8 heteroatoms. The molecule has 0 saturated heterocycles. The number of thioether (sulfide) groups is 1. The lowest BCUT2D eigenvalue weighted by Crippen LogP contribution is -2.40. The number of halogens is 1. The highest BCUT2D eigenvalue weighted by Crippen LogP contribution is 2.11. The Hall–Kier alpha value is -1.31. The lowest BCUT2D eigenvalue weighted by Gasteiger charge is -2.11. The number of benzene rings is 1. The molecule has 0 saturated carbocycles. The second kappa shape index (κ2) is 9.57. The quantitative estimate of drug-likeness (QED) is 0.589. The standard InChI is InChI=1S/C12H17N3O3S.ClH/c1-19-7-6-11(13)12(16)14-8-9-2-4-10(5-3-9)15(17)18;/h2-5,11H,6-8,13H2,1H3,(H,14,16);1H/t11-;/m0./s1. The summed E-state index contributed by atoms with van der Waals surface area (Å²) in [5.41, 5.74) is 6.55. The Morgan fingerprint density at radius 3 is 2.55 bits per heavy atom. The first-order valence-electron chi connectivity index (χ1n) is 5.80. The number of nitrogens with one attached hydrogen (secondary N) is 1. The molecule has 0 spiro atoms. The number of non-ortho nitro benzene ring substituents is 1. The summed E-state index contributed by atoms with van der Waals surface area (Å²) in [6, 6.07) is 5.55. The Bertz CT molecular complexity index is 442. The Balaban J connectivity index is 0.00000361. The highest BCUT2D eigenvalue weighted by molar-refractivity contribution is 7.98. The molecule has 0 heterocycles. The van der Waals surface area contributed by atoms with Crippen LogP contribution >= 0.6 is 24.2 Å². The van der Waals surface area contributed by atoms with E-state index in [-0.39, 0.29) is 24.0 Å². The van der Waals surface area contributed by atoms with Crippen LogP contribution in [0, 0.1) is 10.1 Å². The van der Waals surface area contributed by atoms with E-state index in [9.17, 15) is 14.9 Å². The summed E-state index contributed by atoms with van der Waals surface area (Å²) in [5, 5.41) is 13.2. The third-order valence-corrected chi connectivity index (χ3v) is 3.23. The third kappa shape index (κ3) is 6.23. The molecular weight excluding hydrogens is 302 g/mol. The molecule has 0 fully saturated rings. The summed E-state index contributed by atoms with van der Waals surface area (Å²) in [5.74, 6) is 0.638. The van der Waals surface area contributed by atoms with Gasteiger partial charge in [0.15, 0.2) is 0 Å². The fraction of sp³-hybridized carbons (Fsp3) is 0.417. The molecule has 3 N–H and O–H groups in total. The van der Waals surface area contributed by atoms with E-state index in [0.29, 0.717) is 13.0 Å². The second-order valence-corrected chi connectivity index (χ2v) is 5.01. The largest absolute Gasteiger partial charge is 0.351 e. The van der Waals surface area contributed by atoms with Gasteiger partial charge in [0.05, 0.1) is 11.0 Å². The predicted molar refractivity (Wildman–Crippen MR) is 83.2 cm³/mol. The molecule has 0 bridgehead atoms. The zero-order valence-electron chi connectivity index (χ0n) is 11.1. The van der Waals surface area contributed by atoms with Crippen molar-refractivity contribution in [3.8, 4) is 0 Å². The van der Waals surface area contributed by atoms with E-state index in [1.54, 1.807) is 23.9 Å². The van der Waals surface area contributed by atoms with Crippen LogP contribution in [-0.4, -0.2) is 28.9 Å². The lowest BCUT2D eigenvalue weighted by atomic mass is 10.2. The van der Waals surface area contributed by atoms with Gasteiger partial charge in [0.2, 0.25) is 5.91 Å². The summed E-state index contributed by atoms with van der Waals surface area (Å²) in [4.78, 5) is 21.7. The average Bonchev–Trinajstić information content (AvgIpc) is 2.42. The molecule has 0 aromatic heterocycles. The topological polar surface area (TPSA) is 98.3 Å². The fourth-order valence-electron chi connectivity index (χ4n) is 1.43. The summed E-state index contributed by atoms with van der Waals surface area (Å²) in [7, 11) is 0. The smallest absolute Gasteiger partial charge is 0.269 e. The zero-order chi connectivity index (χ0) is 14.3. The van der Waals surface area contributed by atoms with Crippen LogP contribution in [0.3, 0.4) is 0 Å². The molecule has 1 amide bonds. The van der Waals surface area contributed by atoms with Crippen LogP contribution in [0.4, 0.5) is 5.69 Å². The van der Waals surface area contributed by atoms with Gasteiger partial charge in [-0.05, 0) is 24.0 Å². The van der Waals surface area contributed by atoms with Crippen molar-refractivity contribution in [2.45, 2.75) is 19.0 Å². The first kappa shape index (κ1) is 18.7. The molecule has 0 unspecified atom stereocenters. The molecular formula is C12H18ClN3O3S. The number of carbonyl (C=O) groups is 1. The van der Waals surface area contributed by atoms with Crippen LogP contribution < -0.4 is 11.1 Å². The highest BCUT2D eigenvalue weighted by atomic mass is 35.5. The monoisotopic (exact) mass is 319 g/mol. The van der Waals surface area contributed by atoms with Gasteiger partial charge in [-0.1, -0.05) is 12.1 Å². The molecule has 1 aromatic rings. The molecule has 20 heavy (non-hydrogen) atoms. The molecule has 1 atom stereocenters. The van der Waals surface area contributed by atoms with Crippen molar-refractivity contribution in [2.75, 3.05) is 12.0 Å². The van der Waals surface area contributed by atoms with Gasteiger partial charge in [0.1, 0.15) is 0 Å². The number of rotatable bonds is 7. The maximum Gasteiger partial charge on any atom is 0.269 e. The molecule has 0 aliphatic heterocycles. The number of nitrogens with zero attached hydrogens (tertiary/aromatic N) is 1. The van der Waals surface area contributed by atoms with Crippen molar-refractivity contribution < 1.29 is 9.72 Å². The van der Waals surface area contributed by atoms with Gasteiger partial charge in [0.25, 0.3) is 5.69 Å². The van der Waals surface area contributed by atoms with Crippen LogP contribution in [0.2, 0.25) is 0 Å². The summed E-state index contributed by atoms with van der Waals surface area (Å²) >= 11 is 1.64. The number of hydrogen-bond donors (Lipinski definition) is 2. The van der Waals surface area contributed by atoms with Crippen molar-refractivity contribution in [3.05, 3.63) is 39.9 Å². The van der Waals surface area contributed by atoms with E-state index in [1.165, 1.54) is 12.1 Å². The molecule has 1 rings (SSSR count). The van der Waals surface area contributed by atoms with Gasteiger partial charge in [-0.15, -0.1) is 12.4 Å². The van der Waals surface area contributed by atoms with E-state index in [2.05, 4.69) is 5.32 Å². The number of nitro benzene ring substituents is 1. The van der Waals surface area contributed by atoms with Gasteiger partial charge in [-0.3, -0.25) is 14.9 Å². The molecule has 0 aliphatic carbocycles. The molecule has 0 aliphatic rings. The van der Waals surface area contributed by atoms with Crippen LogP contribution in [0.15, 0.2) is 24.3 Å². The van der Waals surface area contributed by atoms with Crippen molar-refractivity contribution in [2.24, 2.45) is 5.73 Å². The zero-order valence-corrected chi connectivity index (χ0v) is 12.7. The van der Waals surface area contributed by atoms with Crippen molar-refractivity contribution in [3.63, 3.8) is 0 Å². The minimum atomic E-state index is -0.509. The summed E-state index contributed by atoms with van der Waals surface area (Å²) in [6.07, 6.45) is 2.59. The first-order valence-corrected chi connectivity index (χ1v) is 7.19. The third-order valence-electron chi connectivity index (χ3n) is 2.58. The van der Waals surface area contributed by atoms with Crippen LogP contribution in [-0.2, 0) is 11.3 Å². The fourth-order valence-corrected chi connectivity index (χ4v) is 1.92. The van der Waals surface area contributed by atoms with Crippen molar-refractivity contribution >= 4 is 35.8 Å². The van der Waals surface area contributed by atoms with Crippen LogP contribution in [0.1, 0.15) is 12.0 Å². The van der Waals surface area contributed by atoms with Gasteiger partial charge in [0, 0.05) is 18.7 Å². The number of nitro groups is 1. The van der Waals surface area contributed by atoms with Crippen molar-refractivity contribution in [1.82, 2.24) is 5.32 Å². The van der Waals surface area contributed by atoms with Crippen LogP contribution in [0.5, 0.6) is 0 Å². The van der Waals surface area contributed by atoms with Gasteiger partial charge < -0.3 is 11.1 Å². The maximum absolute atomic E-state index is 11.6. The Morgan fingerprint density at radius 1 is 1.45 bits per heavy atom. The van der Waals surface area contributed by atoms with Crippen LogP contribution in [0.25, 0.3) is 0 Å². The van der Waals surface area contributed by atoms with Gasteiger partial charge in [-0.25, -0.2) is 0 Å². The number of amides is 1. The van der Waals surface area contributed by atoms with E-state index >= 15 is 0 Å². The second-order valence-electron chi connectivity index (χ2n) is 4.03. The number of hydrogen-bond acceptors (Lipinski definition) is 5. The molecule has 112 valence electrons. The van der Waals surface area contributed by atoms with Crippen molar-refractivity contribution in [1.29, 1.82) is 0 Å². The SMILES string of the molecule is CSCC[C@H](N)C(=O)NCc1ccc([N+](=O)[O-])cc1.Cl. The van der Waals surface area contributed by atoms with E-state index in [1.807, 2.05) is 6.26 Å². The van der Waals surface area contributed by atoms with Gasteiger partial charge in [-0.2, -0.15) is 11.8 Å². The number of nitrogens with two attached hydrogens (primary N) is 1. The maximum atomic E-state index is 11.6. The minimum Gasteiger partial charge on any atom is -0.351 e. The molecule has 0 radical (unpaired) electrons. The normalized spacial score (nSPS) is 11.3.